The lowest BCUT2D eigenvalue weighted by atomic mass is 10.0. The maximum absolute atomic E-state index is 13.1. The summed E-state index contributed by atoms with van der Waals surface area (Å²) in [5, 5.41) is 3.00. The molecule has 0 aliphatic rings. The van der Waals surface area contributed by atoms with Gasteiger partial charge >= 0.3 is 0 Å². The zero-order valence-electron chi connectivity index (χ0n) is 15.6. The minimum Gasteiger partial charge on any atom is -0.326 e. The van der Waals surface area contributed by atoms with Crippen molar-refractivity contribution in [1.29, 1.82) is 0 Å². The van der Waals surface area contributed by atoms with Crippen molar-refractivity contribution in [2.45, 2.75) is 26.7 Å². The molecule has 0 saturated heterocycles. The summed E-state index contributed by atoms with van der Waals surface area (Å²) in [6.45, 7) is 4.05. The van der Waals surface area contributed by atoms with Gasteiger partial charge in [-0.25, -0.2) is 9.37 Å². The summed E-state index contributed by atoms with van der Waals surface area (Å²) in [5.74, 6) is -0.199. The predicted molar refractivity (Wildman–Crippen MR) is 108 cm³/mol. The number of aromatic nitrogens is 1. The molecule has 3 aromatic rings. The first-order valence-electron chi connectivity index (χ1n) is 9.25. The molecule has 138 valence electrons. The van der Waals surface area contributed by atoms with Crippen LogP contribution in [0.15, 0.2) is 66.7 Å². The molecular formula is C23H23FN2O. The highest BCUT2D eigenvalue weighted by Crippen LogP contribution is 2.25. The zero-order valence-corrected chi connectivity index (χ0v) is 15.6. The lowest BCUT2D eigenvalue weighted by Crippen LogP contribution is -2.21. The van der Waals surface area contributed by atoms with Gasteiger partial charge in [0.15, 0.2) is 0 Å². The van der Waals surface area contributed by atoms with E-state index in [1.54, 1.807) is 12.1 Å². The van der Waals surface area contributed by atoms with Crippen LogP contribution in [0.25, 0.3) is 22.5 Å². The Morgan fingerprint density at radius 3 is 2.22 bits per heavy atom. The van der Waals surface area contributed by atoms with Gasteiger partial charge in [0, 0.05) is 22.7 Å². The van der Waals surface area contributed by atoms with E-state index in [4.69, 9.17) is 4.98 Å². The number of pyridine rings is 1. The van der Waals surface area contributed by atoms with Crippen molar-refractivity contribution in [2.75, 3.05) is 5.32 Å². The Bertz CT molecular complexity index is 918. The van der Waals surface area contributed by atoms with Gasteiger partial charge in [0.2, 0.25) is 5.91 Å². The summed E-state index contributed by atoms with van der Waals surface area (Å²) in [6.07, 6.45) is 1.65. The van der Waals surface area contributed by atoms with Crippen LogP contribution in [0.5, 0.6) is 0 Å². The molecule has 3 nitrogen and oxygen atoms in total. The van der Waals surface area contributed by atoms with Crippen molar-refractivity contribution in [3.8, 4) is 22.5 Å². The fraction of sp³-hybridized carbons (Fsp3) is 0.217. The summed E-state index contributed by atoms with van der Waals surface area (Å²) in [6, 6.07) is 19.7. The van der Waals surface area contributed by atoms with Gasteiger partial charge in [0.05, 0.1) is 11.4 Å². The lowest BCUT2D eigenvalue weighted by molar-refractivity contribution is -0.120. The third-order valence-electron chi connectivity index (χ3n) is 4.67. The Hall–Kier alpha value is -3.01. The molecule has 1 N–H and O–H groups in total. The van der Waals surface area contributed by atoms with Crippen molar-refractivity contribution in [3.63, 3.8) is 0 Å². The lowest BCUT2D eigenvalue weighted by Gasteiger charge is -2.13. The monoisotopic (exact) mass is 362 g/mol. The molecule has 4 heteroatoms. The van der Waals surface area contributed by atoms with Gasteiger partial charge in [0.1, 0.15) is 5.82 Å². The average Bonchev–Trinajstić information content (AvgIpc) is 2.70. The van der Waals surface area contributed by atoms with E-state index in [9.17, 15) is 9.18 Å². The number of anilines is 1. The summed E-state index contributed by atoms with van der Waals surface area (Å²) >= 11 is 0. The van der Waals surface area contributed by atoms with Crippen molar-refractivity contribution in [2.24, 2.45) is 5.92 Å². The predicted octanol–water partition coefficient (Wildman–Crippen LogP) is 5.93. The fourth-order valence-corrected chi connectivity index (χ4v) is 3.04. The number of carbonyl (C=O) groups is 1. The molecule has 27 heavy (non-hydrogen) atoms. The molecule has 0 fully saturated rings. The second kappa shape index (κ2) is 8.58. The number of nitrogens with zero attached hydrogens (tertiary/aromatic N) is 1. The molecule has 0 radical (unpaired) electrons. The van der Waals surface area contributed by atoms with Crippen molar-refractivity contribution < 1.29 is 9.18 Å². The molecule has 0 atom stereocenters. The zero-order chi connectivity index (χ0) is 19.2. The first-order valence-corrected chi connectivity index (χ1v) is 9.25. The number of amides is 1. The van der Waals surface area contributed by atoms with Crippen molar-refractivity contribution >= 4 is 11.6 Å². The van der Waals surface area contributed by atoms with Gasteiger partial charge in [-0.3, -0.25) is 4.79 Å². The number of carbonyl (C=O) groups excluding carboxylic acids is 1. The summed E-state index contributed by atoms with van der Waals surface area (Å²) in [4.78, 5) is 17.0. The van der Waals surface area contributed by atoms with Crippen LogP contribution in [-0.2, 0) is 4.79 Å². The van der Waals surface area contributed by atoms with E-state index in [0.717, 1.165) is 41.0 Å². The molecular weight excluding hydrogens is 339 g/mol. The van der Waals surface area contributed by atoms with E-state index < -0.39 is 0 Å². The molecule has 1 amide bonds. The molecule has 0 aliphatic heterocycles. The van der Waals surface area contributed by atoms with Crippen LogP contribution in [-0.4, -0.2) is 10.9 Å². The standard InChI is InChI=1S/C23H23FN2O/c1-3-16(4-2)23(27)25-20-8-5-7-18(15-20)22-10-6-9-21(26-22)17-11-13-19(24)14-12-17/h5-16H,3-4H2,1-2H3,(H,25,27). The van der Waals surface area contributed by atoms with Crippen LogP contribution < -0.4 is 5.32 Å². The normalized spacial score (nSPS) is 10.8. The van der Waals surface area contributed by atoms with Gasteiger partial charge < -0.3 is 5.32 Å². The fourth-order valence-electron chi connectivity index (χ4n) is 3.04. The second-order valence-corrected chi connectivity index (χ2v) is 6.50. The smallest absolute Gasteiger partial charge is 0.227 e. The van der Waals surface area contributed by atoms with E-state index in [0.29, 0.717) is 0 Å². The third-order valence-corrected chi connectivity index (χ3v) is 4.67. The van der Waals surface area contributed by atoms with Crippen LogP contribution >= 0.6 is 0 Å². The van der Waals surface area contributed by atoms with E-state index in [2.05, 4.69) is 5.32 Å². The van der Waals surface area contributed by atoms with Crippen molar-refractivity contribution in [1.82, 2.24) is 4.98 Å². The SMILES string of the molecule is CCC(CC)C(=O)Nc1cccc(-c2cccc(-c3ccc(F)cc3)n2)c1. The Labute approximate surface area is 159 Å². The van der Waals surface area contributed by atoms with Gasteiger partial charge in [-0.1, -0.05) is 32.0 Å². The number of halogens is 1. The number of hydrogen-bond acceptors (Lipinski definition) is 2. The molecule has 0 spiro atoms. The van der Waals surface area contributed by atoms with Crippen LogP contribution in [0, 0.1) is 11.7 Å². The molecule has 3 rings (SSSR count). The quantitative estimate of drug-likeness (QED) is 0.590. The number of rotatable bonds is 6. The summed E-state index contributed by atoms with van der Waals surface area (Å²) < 4.78 is 13.1. The van der Waals surface area contributed by atoms with E-state index >= 15 is 0 Å². The molecule has 0 unspecified atom stereocenters. The second-order valence-electron chi connectivity index (χ2n) is 6.50. The molecule has 2 aromatic carbocycles. The molecule has 0 bridgehead atoms. The Kier molecular flexibility index (Phi) is 5.97. The molecule has 1 aromatic heterocycles. The largest absolute Gasteiger partial charge is 0.326 e. The minimum atomic E-state index is -0.268. The van der Waals surface area contributed by atoms with Gasteiger partial charge in [0.25, 0.3) is 0 Å². The topological polar surface area (TPSA) is 42.0 Å². The van der Waals surface area contributed by atoms with E-state index in [-0.39, 0.29) is 17.6 Å². The number of benzene rings is 2. The van der Waals surface area contributed by atoms with Crippen molar-refractivity contribution in [3.05, 3.63) is 72.5 Å². The van der Waals surface area contributed by atoms with Crippen LogP contribution in [0.4, 0.5) is 10.1 Å². The molecule has 1 heterocycles. The first-order chi connectivity index (χ1) is 13.1. The number of hydrogen-bond donors (Lipinski definition) is 1. The maximum atomic E-state index is 13.1. The summed E-state index contributed by atoms with van der Waals surface area (Å²) in [5.41, 5.74) is 4.12. The van der Waals surface area contributed by atoms with Crippen LogP contribution in [0.2, 0.25) is 0 Å². The molecule has 0 aliphatic carbocycles. The van der Waals surface area contributed by atoms with Gasteiger partial charge in [-0.15, -0.1) is 0 Å². The van der Waals surface area contributed by atoms with Crippen LogP contribution in [0.1, 0.15) is 26.7 Å². The third kappa shape index (κ3) is 4.59. The highest BCUT2D eigenvalue weighted by Gasteiger charge is 2.14. The van der Waals surface area contributed by atoms with E-state index in [1.807, 2.05) is 56.3 Å². The Morgan fingerprint density at radius 1 is 0.926 bits per heavy atom. The average molecular weight is 362 g/mol. The van der Waals surface area contributed by atoms with E-state index in [1.165, 1.54) is 12.1 Å². The maximum Gasteiger partial charge on any atom is 0.227 e. The minimum absolute atomic E-state index is 0.0218. The Balaban J connectivity index is 1.86. The molecule has 0 saturated carbocycles. The first kappa shape index (κ1) is 18.8. The highest BCUT2D eigenvalue weighted by molar-refractivity contribution is 5.93. The van der Waals surface area contributed by atoms with Crippen LogP contribution in [0.3, 0.4) is 0 Å². The summed E-state index contributed by atoms with van der Waals surface area (Å²) in [7, 11) is 0. The number of nitrogens with one attached hydrogen (secondary N) is 1. The van der Waals surface area contributed by atoms with Gasteiger partial charge in [-0.05, 0) is 61.4 Å². The Morgan fingerprint density at radius 2 is 1.56 bits per heavy atom. The highest BCUT2D eigenvalue weighted by atomic mass is 19.1. The van der Waals surface area contributed by atoms with Gasteiger partial charge in [-0.2, -0.15) is 0 Å².